The molecule has 0 bridgehead atoms. The summed E-state index contributed by atoms with van der Waals surface area (Å²) in [6, 6.07) is 5.28. The van der Waals surface area contributed by atoms with Crippen molar-refractivity contribution in [3.8, 4) is 0 Å². The summed E-state index contributed by atoms with van der Waals surface area (Å²) in [5.41, 5.74) is 0.194. The highest BCUT2D eigenvalue weighted by Gasteiger charge is 2.30. The van der Waals surface area contributed by atoms with Crippen molar-refractivity contribution in [1.82, 2.24) is 0 Å². The second-order valence-electron chi connectivity index (χ2n) is 4.77. The van der Waals surface area contributed by atoms with E-state index < -0.39 is 11.7 Å². The first-order valence-corrected chi connectivity index (χ1v) is 6.38. The van der Waals surface area contributed by atoms with E-state index in [4.69, 9.17) is 11.6 Å². The van der Waals surface area contributed by atoms with Gasteiger partial charge in [-0.05, 0) is 36.6 Å². The van der Waals surface area contributed by atoms with Gasteiger partial charge in [-0.15, -0.1) is 11.6 Å². The van der Waals surface area contributed by atoms with Gasteiger partial charge in [0.25, 0.3) is 0 Å². The average Bonchev–Trinajstić information content (AvgIpc) is 2.32. The van der Waals surface area contributed by atoms with E-state index in [0.717, 1.165) is 30.8 Å². The van der Waals surface area contributed by atoms with Gasteiger partial charge in [0.2, 0.25) is 0 Å². The molecule has 100 valence electrons. The van der Waals surface area contributed by atoms with Gasteiger partial charge in [-0.2, -0.15) is 13.2 Å². The van der Waals surface area contributed by atoms with Crippen molar-refractivity contribution < 1.29 is 13.2 Å². The molecule has 0 aromatic heterocycles. The van der Waals surface area contributed by atoms with Crippen LogP contribution < -0.4 is 4.90 Å². The molecule has 0 N–H and O–H groups in total. The molecule has 0 aliphatic carbocycles. The molecule has 1 aliphatic rings. The van der Waals surface area contributed by atoms with E-state index >= 15 is 0 Å². The van der Waals surface area contributed by atoms with E-state index in [2.05, 4.69) is 6.92 Å². The minimum atomic E-state index is -4.27. The number of halogens is 4. The number of nitrogens with zero attached hydrogens (tertiary/aromatic N) is 1. The maximum atomic E-state index is 12.4. The van der Waals surface area contributed by atoms with Gasteiger partial charge < -0.3 is 4.90 Å². The van der Waals surface area contributed by atoms with Crippen molar-refractivity contribution in [2.24, 2.45) is 5.92 Å². The van der Waals surface area contributed by atoms with Gasteiger partial charge in [0.1, 0.15) is 0 Å². The molecular formula is C13H15ClF3N. The van der Waals surface area contributed by atoms with Crippen molar-refractivity contribution in [1.29, 1.82) is 0 Å². The Hall–Kier alpha value is -0.900. The lowest BCUT2D eigenvalue weighted by Crippen LogP contribution is -2.40. The third-order valence-corrected chi connectivity index (χ3v) is 3.99. The van der Waals surface area contributed by atoms with Crippen LogP contribution >= 0.6 is 11.6 Å². The normalized spacial score (nSPS) is 25.3. The summed E-state index contributed by atoms with van der Waals surface area (Å²) in [6.07, 6.45) is -3.31. The lowest BCUT2D eigenvalue weighted by Gasteiger charge is -2.35. The van der Waals surface area contributed by atoms with Gasteiger partial charge in [0, 0.05) is 18.8 Å². The molecule has 5 heteroatoms. The van der Waals surface area contributed by atoms with E-state index in [0.29, 0.717) is 12.5 Å². The molecule has 1 saturated heterocycles. The topological polar surface area (TPSA) is 3.24 Å². The van der Waals surface area contributed by atoms with E-state index in [9.17, 15) is 13.2 Å². The number of benzene rings is 1. The predicted octanol–water partition coefficient (Wildman–Crippen LogP) is 4.16. The van der Waals surface area contributed by atoms with Gasteiger partial charge in [0.05, 0.1) is 10.9 Å². The minimum Gasteiger partial charge on any atom is -0.370 e. The molecule has 0 spiro atoms. The second kappa shape index (κ2) is 5.00. The zero-order valence-corrected chi connectivity index (χ0v) is 10.8. The van der Waals surface area contributed by atoms with E-state index in [-0.39, 0.29) is 5.38 Å². The van der Waals surface area contributed by atoms with E-state index in [1.807, 2.05) is 4.90 Å². The van der Waals surface area contributed by atoms with Crippen molar-refractivity contribution in [2.75, 3.05) is 18.0 Å². The van der Waals surface area contributed by atoms with Crippen LogP contribution in [0.3, 0.4) is 0 Å². The first-order chi connectivity index (χ1) is 8.38. The van der Waals surface area contributed by atoms with Crippen LogP contribution in [0.4, 0.5) is 18.9 Å². The summed E-state index contributed by atoms with van der Waals surface area (Å²) in [5, 5.41) is 0.0565. The molecule has 1 aliphatic heterocycles. The molecule has 1 aromatic rings. The smallest absolute Gasteiger partial charge is 0.370 e. The van der Waals surface area contributed by atoms with Crippen LogP contribution in [-0.2, 0) is 6.18 Å². The fraction of sp³-hybridized carbons (Fsp3) is 0.538. The lowest BCUT2D eigenvalue weighted by atomic mass is 9.98. The molecule has 0 saturated carbocycles. The fourth-order valence-electron chi connectivity index (χ4n) is 2.12. The summed E-state index contributed by atoms with van der Waals surface area (Å²) in [5.74, 6) is 0.456. The van der Waals surface area contributed by atoms with Crippen LogP contribution in [-0.4, -0.2) is 18.5 Å². The van der Waals surface area contributed by atoms with Crippen molar-refractivity contribution in [3.05, 3.63) is 29.8 Å². The number of anilines is 1. The molecular weight excluding hydrogens is 263 g/mol. The SMILES string of the molecule is CC1CCN(c2ccc(C(F)(F)F)cc2)CC1Cl. The molecule has 1 aromatic carbocycles. The Morgan fingerprint density at radius 1 is 1.22 bits per heavy atom. The number of hydrogen-bond donors (Lipinski definition) is 0. The summed E-state index contributed by atoms with van der Waals surface area (Å²) >= 11 is 6.19. The number of rotatable bonds is 1. The second-order valence-corrected chi connectivity index (χ2v) is 5.33. The highest BCUT2D eigenvalue weighted by atomic mass is 35.5. The molecule has 0 radical (unpaired) electrons. The molecule has 2 rings (SSSR count). The van der Waals surface area contributed by atoms with Crippen LogP contribution in [0, 0.1) is 5.92 Å². The predicted molar refractivity (Wildman–Crippen MR) is 67.1 cm³/mol. The Morgan fingerprint density at radius 3 is 2.33 bits per heavy atom. The van der Waals surface area contributed by atoms with Crippen LogP contribution in [0.2, 0.25) is 0 Å². The maximum absolute atomic E-state index is 12.4. The standard InChI is InChI=1S/C13H15ClF3N/c1-9-6-7-18(8-12(9)14)11-4-2-10(3-5-11)13(15,16)17/h2-5,9,12H,6-8H2,1H3. The Labute approximate surface area is 110 Å². The Balaban J connectivity index is 2.11. The molecule has 1 nitrogen and oxygen atoms in total. The minimum absolute atomic E-state index is 0.0565. The number of hydrogen-bond acceptors (Lipinski definition) is 1. The summed E-state index contributed by atoms with van der Waals surface area (Å²) in [7, 11) is 0. The van der Waals surface area contributed by atoms with Gasteiger partial charge in [-0.25, -0.2) is 0 Å². The van der Waals surface area contributed by atoms with E-state index in [1.54, 1.807) is 0 Å². The number of piperidine rings is 1. The van der Waals surface area contributed by atoms with Crippen molar-refractivity contribution in [3.63, 3.8) is 0 Å². The summed E-state index contributed by atoms with van der Waals surface area (Å²) < 4.78 is 37.3. The van der Waals surface area contributed by atoms with Gasteiger partial charge in [-0.3, -0.25) is 0 Å². The monoisotopic (exact) mass is 277 g/mol. The van der Waals surface area contributed by atoms with Crippen LogP contribution in [0.25, 0.3) is 0 Å². The maximum Gasteiger partial charge on any atom is 0.416 e. The quantitative estimate of drug-likeness (QED) is 0.697. The lowest BCUT2D eigenvalue weighted by molar-refractivity contribution is -0.137. The highest BCUT2D eigenvalue weighted by Crippen LogP contribution is 2.32. The van der Waals surface area contributed by atoms with Gasteiger partial charge >= 0.3 is 6.18 Å². The zero-order chi connectivity index (χ0) is 13.3. The fourth-order valence-corrected chi connectivity index (χ4v) is 2.41. The molecule has 0 amide bonds. The Morgan fingerprint density at radius 2 is 1.83 bits per heavy atom. The number of alkyl halides is 4. The van der Waals surface area contributed by atoms with Gasteiger partial charge in [-0.1, -0.05) is 6.92 Å². The van der Waals surface area contributed by atoms with Crippen LogP contribution in [0.5, 0.6) is 0 Å². The Bertz CT molecular complexity index is 402. The largest absolute Gasteiger partial charge is 0.416 e. The molecule has 1 fully saturated rings. The van der Waals surface area contributed by atoms with Crippen LogP contribution in [0.15, 0.2) is 24.3 Å². The van der Waals surface area contributed by atoms with E-state index in [1.165, 1.54) is 12.1 Å². The Kier molecular flexibility index (Phi) is 3.76. The first kappa shape index (κ1) is 13.5. The third kappa shape index (κ3) is 2.91. The third-order valence-electron chi connectivity index (χ3n) is 3.43. The molecule has 2 unspecified atom stereocenters. The zero-order valence-electron chi connectivity index (χ0n) is 10.0. The van der Waals surface area contributed by atoms with Crippen molar-refractivity contribution >= 4 is 17.3 Å². The summed E-state index contributed by atoms with van der Waals surface area (Å²) in [4.78, 5) is 2.04. The van der Waals surface area contributed by atoms with Crippen molar-refractivity contribution in [2.45, 2.75) is 24.9 Å². The van der Waals surface area contributed by atoms with Crippen LogP contribution in [0.1, 0.15) is 18.9 Å². The first-order valence-electron chi connectivity index (χ1n) is 5.94. The molecule has 18 heavy (non-hydrogen) atoms. The molecule has 1 heterocycles. The molecule has 2 atom stereocenters. The summed E-state index contributed by atoms with van der Waals surface area (Å²) in [6.45, 7) is 3.63. The average molecular weight is 278 g/mol. The van der Waals surface area contributed by atoms with Gasteiger partial charge in [0.15, 0.2) is 0 Å². The highest BCUT2D eigenvalue weighted by molar-refractivity contribution is 6.21.